The molecule has 1 aromatic carbocycles. The molecular formula is C22H27F4N5O3. The molecule has 3 heterocycles. The fourth-order valence-electron chi connectivity index (χ4n) is 4.44. The van der Waals surface area contributed by atoms with Crippen LogP contribution in [0.3, 0.4) is 0 Å². The maximum absolute atomic E-state index is 13.7. The third-order valence-electron chi connectivity index (χ3n) is 6.27. The molecule has 8 nitrogen and oxygen atoms in total. The second kappa shape index (κ2) is 9.61. The topological polar surface area (TPSA) is 81.9 Å². The van der Waals surface area contributed by atoms with Crippen LogP contribution in [0.1, 0.15) is 18.7 Å². The third kappa shape index (κ3) is 5.01. The Morgan fingerprint density at radius 2 is 1.74 bits per heavy atom. The lowest BCUT2D eigenvalue weighted by molar-refractivity contribution is -0.192. The highest BCUT2D eigenvalue weighted by atomic mass is 19.4. The molecule has 2 amide bonds. The van der Waals surface area contributed by atoms with E-state index in [1.165, 1.54) is 6.07 Å². The first kappa shape index (κ1) is 25.5. The number of carboxylic acids is 1. The number of aromatic nitrogens is 2. The highest BCUT2D eigenvalue weighted by Gasteiger charge is 2.46. The Labute approximate surface area is 194 Å². The minimum atomic E-state index is -5.08. The van der Waals surface area contributed by atoms with Gasteiger partial charge < -0.3 is 19.5 Å². The lowest BCUT2D eigenvalue weighted by Crippen LogP contribution is -2.57. The van der Waals surface area contributed by atoms with Gasteiger partial charge in [-0.15, -0.1) is 0 Å². The summed E-state index contributed by atoms with van der Waals surface area (Å²) in [5.74, 6) is -1.96. The van der Waals surface area contributed by atoms with Crippen LogP contribution in [0, 0.1) is 5.82 Å². The number of urea groups is 1. The van der Waals surface area contributed by atoms with Gasteiger partial charge in [-0.1, -0.05) is 12.1 Å². The lowest BCUT2D eigenvalue weighted by Gasteiger charge is -2.49. The molecule has 12 heteroatoms. The Hall–Kier alpha value is -3.15. The molecular weight excluding hydrogens is 458 g/mol. The van der Waals surface area contributed by atoms with Crippen molar-refractivity contribution in [3.8, 4) is 11.3 Å². The molecule has 186 valence electrons. The molecule has 0 aliphatic carbocycles. The first-order chi connectivity index (χ1) is 15.9. The number of imidazole rings is 1. The van der Waals surface area contributed by atoms with E-state index in [0.29, 0.717) is 13.1 Å². The highest BCUT2D eigenvalue weighted by molar-refractivity contribution is 5.74. The minimum Gasteiger partial charge on any atom is -0.475 e. The second-order valence-electron chi connectivity index (χ2n) is 8.55. The van der Waals surface area contributed by atoms with Gasteiger partial charge in [0.2, 0.25) is 0 Å². The molecule has 1 fully saturated rings. The second-order valence-corrected chi connectivity index (χ2v) is 8.55. The van der Waals surface area contributed by atoms with E-state index in [0.717, 1.165) is 43.0 Å². The Bertz CT molecular complexity index is 1050. The number of alkyl halides is 3. The zero-order valence-corrected chi connectivity index (χ0v) is 19.1. The Morgan fingerprint density at radius 1 is 1.12 bits per heavy atom. The molecule has 0 saturated carbocycles. The Kier molecular flexibility index (Phi) is 7.20. The van der Waals surface area contributed by atoms with Crippen LogP contribution in [0.15, 0.2) is 30.5 Å². The van der Waals surface area contributed by atoms with Gasteiger partial charge in [-0.2, -0.15) is 13.2 Å². The van der Waals surface area contributed by atoms with E-state index in [-0.39, 0.29) is 17.4 Å². The van der Waals surface area contributed by atoms with Gasteiger partial charge in [0.15, 0.2) is 0 Å². The van der Waals surface area contributed by atoms with E-state index in [9.17, 15) is 22.4 Å². The monoisotopic (exact) mass is 485 g/mol. The first-order valence-corrected chi connectivity index (χ1v) is 10.7. The molecule has 1 N–H and O–H groups in total. The lowest BCUT2D eigenvalue weighted by atomic mass is 9.83. The minimum absolute atomic E-state index is 0.0621. The number of rotatable bonds is 1. The zero-order valence-electron chi connectivity index (χ0n) is 19.1. The molecule has 4 rings (SSSR count). The third-order valence-corrected chi connectivity index (χ3v) is 6.27. The summed E-state index contributed by atoms with van der Waals surface area (Å²) in [6.07, 6.45) is -1.52. The number of aliphatic carboxylic acids is 1. The van der Waals surface area contributed by atoms with Crippen molar-refractivity contribution in [1.82, 2.24) is 24.3 Å². The summed E-state index contributed by atoms with van der Waals surface area (Å²) >= 11 is 0. The smallest absolute Gasteiger partial charge is 0.475 e. The van der Waals surface area contributed by atoms with Crippen molar-refractivity contribution < 1.29 is 32.3 Å². The predicted molar refractivity (Wildman–Crippen MR) is 116 cm³/mol. The number of carbonyl (C=O) groups is 2. The standard InChI is InChI=1S/C20H26FN5O.C2HF3O2/c1-23(2)19(27)25-9-7-20(8-10-25)18-22-14-17(26(18)12-11-24(20)3)15-5-4-6-16(21)13-15;3-2(4,5)1(6)7/h4-6,13-14H,7-12H2,1-3H3;(H,6,7). The molecule has 1 aromatic heterocycles. The number of hydrogen-bond acceptors (Lipinski definition) is 4. The van der Waals surface area contributed by atoms with Crippen LogP contribution in [0.4, 0.5) is 22.4 Å². The van der Waals surface area contributed by atoms with Crippen molar-refractivity contribution in [1.29, 1.82) is 0 Å². The normalized spacial score (nSPS) is 17.6. The van der Waals surface area contributed by atoms with E-state index in [2.05, 4.69) is 16.5 Å². The van der Waals surface area contributed by atoms with Gasteiger partial charge in [-0.3, -0.25) is 4.90 Å². The van der Waals surface area contributed by atoms with Gasteiger partial charge in [-0.05, 0) is 32.0 Å². The predicted octanol–water partition coefficient (Wildman–Crippen LogP) is 3.24. The van der Waals surface area contributed by atoms with E-state index >= 15 is 0 Å². The van der Waals surface area contributed by atoms with E-state index in [4.69, 9.17) is 14.9 Å². The van der Waals surface area contributed by atoms with Crippen molar-refractivity contribution >= 4 is 12.0 Å². The SMILES string of the molecule is CN(C)C(=O)N1CCC2(CC1)c1ncc(-c3cccc(F)c3)n1CCN2C.O=C(O)C(F)(F)F. The van der Waals surface area contributed by atoms with Crippen LogP contribution in [0.5, 0.6) is 0 Å². The fourth-order valence-corrected chi connectivity index (χ4v) is 4.44. The summed E-state index contributed by atoms with van der Waals surface area (Å²) in [6.45, 7) is 3.17. The summed E-state index contributed by atoms with van der Waals surface area (Å²) in [6, 6.07) is 6.75. The van der Waals surface area contributed by atoms with Gasteiger partial charge in [0, 0.05) is 45.8 Å². The number of piperidine rings is 1. The zero-order chi connectivity index (χ0) is 25.3. The molecule has 1 saturated heterocycles. The van der Waals surface area contributed by atoms with Gasteiger partial charge in [0.1, 0.15) is 11.6 Å². The number of halogens is 4. The number of hydrogen-bond donors (Lipinski definition) is 1. The molecule has 0 bridgehead atoms. The summed E-state index contributed by atoms with van der Waals surface area (Å²) < 4.78 is 47.7. The first-order valence-electron chi connectivity index (χ1n) is 10.7. The van der Waals surface area contributed by atoms with Crippen LogP contribution in [0.2, 0.25) is 0 Å². The number of likely N-dealkylation sites (tertiary alicyclic amines) is 1. The number of amides is 2. The number of fused-ring (bicyclic) bond motifs is 2. The van der Waals surface area contributed by atoms with Crippen LogP contribution >= 0.6 is 0 Å². The summed E-state index contributed by atoms with van der Waals surface area (Å²) in [4.78, 5) is 31.9. The van der Waals surface area contributed by atoms with Crippen LogP contribution in [-0.2, 0) is 16.9 Å². The van der Waals surface area contributed by atoms with Crippen molar-refractivity contribution in [3.63, 3.8) is 0 Å². The number of carbonyl (C=O) groups excluding carboxylic acids is 1. The molecule has 0 atom stereocenters. The summed E-state index contributed by atoms with van der Waals surface area (Å²) in [7, 11) is 5.72. The number of benzene rings is 1. The van der Waals surface area contributed by atoms with E-state index in [1.54, 1.807) is 31.1 Å². The number of nitrogens with zero attached hydrogens (tertiary/aromatic N) is 5. The number of likely N-dealkylation sites (N-methyl/N-ethyl adjacent to an activating group) is 1. The maximum Gasteiger partial charge on any atom is 0.490 e. The van der Waals surface area contributed by atoms with Crippen molar-refractivity contribution in [3.05, 3.63) is 42.1 Å². The van der Waals surface area contributed by atoms with Gasteiger partial charge in [0.25, 0.3) is 0 Å². The molecule has 0 radical (unpaired) electrons. The van der Waals surface area contributed by atoms with Crippen molar-refractivity contribution in [2.75, 3.05) is 40.8 Å². The Morgan fingerprint density at radius 3 is 2.26 bits per heavy atom. The molecule has 0 unspecified atom stereocenters. The summed E-state index contributed by atoms with van der Waals surface area (Å²) in [5.41, 5.74) is 1.64. The fraction of sp³-hybridized carbons (Fsp3) is 0.500. The quantitative estimate of drug-likeness (QED) is 0.628. The maximum atomic E-state index is 13.7. The molecule has 34 heavy (non-hydrogen) atoms. The summed E-state index contributed by atoms with van der Waals surface area (Å²) in [5, 5.41) is 7.12. The average molecular weight is 485 g/mol. The average Bonchev–Trinajstić information content (AvgIpc) is 3.21. The Balaban J connectivity index is 0.000000406. The molecule has 2 aliphatic heterocycles. The van der Waals surface area contributed by atoms with Crippen molar-refractivity contribution in [2.24, 2.45) is 0 Å². The molecule has 2 aliphatic rings. The van der Waals surface area contributed by atoms with Crippen LogP contribution in [-0.4, -0.2) is 88.3 Å². The number of carboxylic acid groups (broad SMARTS) is 1. The largest absolute Gasteiger partial charge is 0.490 e. The van der Waals surface area contributed by atoms with Gasteiger partial charge in [0.05, 0.1) is 17.4 Å². The molecule has 1 spiro atoms. The molecule has 2 aromatic rings. The van der Waals surface area contributed by atoms with Crippen LogP contribution < -0.4 is 0 Å². The van der Waals surface area contributed by atoms with E-state index < -0.39 is 12.1 Å². The van der Waals surface area contributed by atoms with Crippen LogP contribution in [0.25, 0.3) is 11.3 Å². The van der Waals surface area contributed by atoms with Gasteiger partial charge >= 0.3 is 18.2 Å². The van der Waals surface area contributed by atoms with Crippen molar-refractivity contribution in [2.45, 2.75) is 31.1 Å². The van der Waals surface area contributed by atoms with E-state index in [1.807, 2.05) is 17.2 Å². The van der Waals surface area contributed by atoms with Gasteiger partial charge in [-0.25, -0.2) is 19.0 Å². The highest BCUT2D eigenvalue weighted by Crippen LogP contribution is 2.41.